The van der Waals surface area contributed by atoms with Gasteiger partial charge in [-0.2, -0.15) is 0 Å². The average molecular weight is 535 g/mol. The molecule has 0 saturated carbocycles. The molecule has 0 atom stereocenters. The normalized spacial score (nSPS) is 11.2. The van der Waals surface area contributed by atoms with Gasteiger partial charge in [0.25, 0.3) is 0 Å². The fourth-order valence-electron chi connectivity index (χ4n) is 5.11. The Bertz CT molecular complexity index is 1070. The van der Waals surface area contributed by atoms with Gasteiger partial charge in [0, 0.05) is 11.1 Å². The first-order valence-electron chi connectivity index (χ1n) is 15.4. The van der Waals surface area contributed by atoms with Crippen molar-refractivity contribution < 1.29 is 13.5 Å². The van der Waals surface area contributed by atoms with Crippen LogP contribution >= 0.6 is 0 Å². The Hall–Kier alpha value is -2.68. The van der Waals surface area contributed by atoms with Crippen LogP contribution in [0.5, 0.6) is 5.75 Å². The molecule has 0 unspecified atom stereocenters. The van der Waals surface area contributed by atoms with Crippen molar-refractivity contribution in [2.45, 2.75) is 110 Å². The molecule has 1 nitrogen and oxygen atoms in total. The van der Waals surface area contributed by atoms with Gasteiger partial charge < -0.3 is 4.74 Å². The van der Waals surface area contributed by atoms with Crippen molar-refractivity contribution in [1.82, 2.24) is 0 Å². The first-order chi connectivity index (χ1) is 19.1. The van der Waals surface area contributed by atoms with Crippen molar-refractivity contribution in [3.63, 3.8) is 0 Å². The number of halogens is 2. The fourth-order valence-corrected chi connectivity index (χ4v) is 5.11. The Morgan fingerprint density at radius 2 is 0.923 bits per heavy atom. The first kappa shape index (κ1) is 30.9. The molecular weight excluding hydrogens is 486 g/mol. The predicted molar refractivity (Wildman–Crippen MR) is 162 cm³/mol. The quantitative estimate of drug-likeness (QED) is 0.139. The van der Waals surface area contributed by atoms with Crippen LogP contribution in [-0.4, -0.2) is 6.61 Å². The standard InChI is InChI=1S/C36H48F2O/c1-3-5-7-9-11-12-14-16-28-39-32-24-22-31(23-25-32)34-27-26-33(35(37)36(34)38)30-20-18-29(19-21-30)17-15-13-10-8-6-4-2/h18-27H,3-17,28H2,1-2H3. The Morgan fingerprint density at radius 1 is 0.487 bits per heavy atom. The van der Waals surface area contributed by atoms with E-state index in [0.717, 1.165) is 18.6 Å². The lowest BCUT2D eigenvalue weighted by Gasteiger charge is -2.11. The van der Waals surface area contributed by atoms with Gasteiger partial charge in [-0.25, -0.2) is 8.78 Å². The molecule has 212 valence electrons. The molecule has 0 saturated heterocycles. The number of ether oxygens (including phenoxy) is 1. The van der Waals surface area contributed by atoms with Gasteiger partial charge in [-0.3, -0.25) is 0 Å². The van der Waals surface area contributed by atoms with Crippen LogP contribution < -0.4 is 4.74 Å². The molecule has 0 aliphatic rings. The molecule has 0 amide bonds. The lowest BCUT2D eigenvalue weighted by molar-refractivity contribution is 0.304. The number of hydrogen-bond donors (Lipinski definition) is 0. The Morgan fingerprint density at radius 3 is 1.44 bits per heavy atom. The van der Waals surface area contributed by atoms with E-state index in [0.29, 0.717) is 23.3 Å². The Kier molecular flexibility index (Phi) is 14.1. The molecule has 3 aromatic rings. The molecule has 0 aliphatic carbocycles. The number of hydrogen-bond acceptors (Lipinski definition) is 1. The van der Waals surface area contributed by atoms with Crippen LogP contribution in [0.1, 0.15) is 109 Å². The molecule has 0 spiro atoms. The van der Waals surface area contributed by atoms with Gasteiger partial charge in [0.1, 0.15) is 5.75 Å². The summed E-state index contributed by atoms with van der Waals surface area (Å²) in [6.07, 6.45) is 18.7. The van der Waals surface area contributed by atoms with Crippen LogP contribution in [0.15, 0.2) is 60.7 Å². The maximum absolute atomic E-state index is 15.1. The third kappa shape index (κ3) is 10.4. The minimum absolute atomic E-state index is 0.269. The van der Waals surface area contributed by atoms with E-state index in [1.165, 1.54) is 89.0 Å². The second-order valence-corrected chi connectivity index (χ2v) is 10.9. The zero-order valence-corrected chi connectivity index (χ0v) is 24.3. The highest BCUT2D eigenvalue weighted by Crippen LogP contribution is 2.32. The smallest absolute Gasteiger partial charge is 0.167 e. The molecule has 0 fully saturated rings. The van der Waals surface area contributed by atoms with Crippen LogP contribution in [0.2, 0.25) is 0 Å². The molecule has 0 heterocycles. The maximum atomic E-state index is 15.1. The van der Waals surface area contributed by atoms with Gasteiger partial charge in [-0.15, -0.1) is 0 Å². The number of benzene rings is 3. The highest BCUT2D eigenvalue weighted by atomic mass is 19.2. The summed E-state index contributed by atoms with van der Waals surface area (Å²) in [5.41, 5.74) is 3.16. The summed E-state index contributed by atoms with van der Waals surface area (Å²) in [6.45, 7) is 5.16. The summed E-state index contributed by atoms with van der Waals surface area (Å²) in [5, 5.41) is 0. The third-order valence-electron chi connectivity index (χ3n) is 7.60. The molecule has 0 aromatic heterocycles. The first-order valence-corrected chi connectivity index (χ1v) is 15.4. The monoisotopic (exact) mass is 534 g/mol. The van der Waals surface area contributed by atoms with E-state index >= 15 is 8.78 Å². The average Bonchev–Trinajstić information content (AvgIpc) is 2.96. The summed E-state index contributed by atoms with van der Waals surface area (Å²) in [7, 11) is 0. The topological polar surface area (TPSA) is 9.23 Å². The predicted octanol–water partition coefficient (Wildman–Crippen LogP) is 11.7. The zero-order valence-electron chi connectivity index (χ0n) is 24.3. The second kappa shape index (κ2) is 17.8. The highest BCUT2D eigenvalue weighted by Gasteiger charge is 2.16. The van der Waals surface area contributed by atoms with Crippen molar-refractivity contribution >= 4 is 0 Å². The summed E-state index contributed by atoms with van der Waals surface area (Å²) in [5.74, 6) is -0.845. The third-order valence-corrected chi connectivity index (χ3v) is 7.60. The lowest BCUT2D eigenvalue weighted by Crippen LogP contribution is -1.98. The molecule has 0 aliphatic heterocycles. The summed E-state index contributed by atoms with van der Waals surface area (Å²) in [4.78, 5) is 0. The fraction of sp³-hybridized carbons (Fsp3) is 0.500. The number of rotatable bonds is 19. The van der Waals surface area contributed by atoms with Gasteiger partial charge in [0.2, 0.25) is 0 Å². The molecule has 3 heteroatoms. The molecule has 3 rings (SSSR count). The van der Waals surface area contributed by atoms with Gasteiger partial charge >= 0.3 is 0 Å². The minimum Gasteiger partial charge on any atom is -0.494 e. The second-order valence-electron chi connectivity index (χ2n) is 10.9. The van der Waals surface area contributed by atoms with Gasteiger partial charge in [-0.05, 0) is 48.1 Å². The molecular formula is C36H48F2O. The molecule has 3 aromatic carbocycles. The number of aryl methyl sites for hydroxylation is 1. The van der Waals surface area contributed by atoms with Crippen LogP contribution in [-0.2, 0) is 6.42 Å². The van der Waals surface area contributed by atoms with Crippen LogP contribution in [0, 0.1) is 11.6 Å². The van der Waals surface area contributed by atoms with Crippen LogP contribution in [0.25, 0.3) is 22.3 Å². The Balaban J connectivity index is 1.49. The van der Waals surface area contributed by atoms with Gasteiger partial charge in [-0.1, -0.05) is 139 Å². The molecule has 0 N–H and O–H groups in total. The summed E-state index contributed by atoms with van der Waals surface area (Å²) < 4.78 is 36.1. The van der Waals surface area contributed by atoms with E-state index in [2.05, 4.69) is 13.8 Å². The van der Waals surface area contributed by atoms with Gasteiger partial charge in [0.15, 0.2) is 11.6 Å². The Labute approximate surface area is 236 Å². The van der Waals surface area contributed by atoms with E-state index in [1.54, 1.807) is 24.3 Å². The van der Waals surface area contributed by atoms with Crippen molar-refractivity contribution in [1.29, 1.82) is 0 Å². The van der Waals surface area contributed by atoms with Crippen molar-refractivity contribution in [3.8, 4) is 28.0 Å². The van der Waals surface area contributed by atoms with Crippen molar-refractivity contribution in [3.05, 3.63) is 77.9 Å². The molecule has 39 heavy (non-hydrogen) atoms. The molecule has 0 radical (unpaired) electrons. The highest BCUT2D eigenvalue weighted by molar-refractivity contribution is 5.72. The lowest BCUT2D eigenvalue weighted by atomic mass is 9.97. The summed E-state index contributed by atoms with van der Waals surface area (Å²) >= 11 is 0. The van der Waals surface area contributed by atoms with E-state index in [-0.39, 0.29) is 5.56 Å². The van der Waals surface area contributed by atoms with Crippen molar-refractivity contribution in [2.24, 2.45) is 0 Å². The zero-order chi connectivity index (χ0) is 27.7. The maximum Gasteiger partial charge on any atom is 0.167 e. The largest absolute Gasteiger partial charge is 0.494 e. The van der Waals surface area contributed by atoms with Gasteiger partial charge in [0.05, 0.1) is 6.61 Å². The minimum atomic E-state index is -0.809. The number of unbranched alkanes of at least 4 members (excludes halogenated alkanes) is 12. The van der Waals surface area contributed by atoms with Crippen LogP contribution in [0.4, 0.5) is 8.78 Å². The van der Waals surface area contributed by atoms with Crippen LogP contribution in [0.3, 0.4) is 0 Å². The van der Waals surface area contributed by atoms with E-state index in [1.807, 2.05) is 36.4 Å². The van der Waals surface area contributed by atoms with E-state index in [4.69, 9.17) is 4.74 Å². The van der Waals surface area contributed by atoms with E-state index in [9.17, 15) is 0 Å². The SMILES string of the molecule is CCCCCCCCCCOc1ccc(-c2ccc(-c3ccc(CCCCCCCC)cc3)c(F)c2F)cc1. The van der Waals surface area contributed by atoms with Crippen molar-refractivity contribution in [2.75, 3.05) is 6.61 Å². The summed E-state index contributed by atoms with van der Waals surface area (Å²) in [6, 6.07) is 18.5. The van der Waals surface area contributed by atoms with E-state index < -0.39 is 11.6 Å². The molecule has 0 bridgehead atoms.